The van der Waals surface area contributed by atoms with E-state index in [1.54, 1.807) is 0 Å². The number of hydrogen-bond acceptors (Lipinski definition) is 4. The van der Waals surface area contributed by atoms with Crippen LogP contribution in [-0.2, 0) is 0 Å². The molecular weight excluding hydrogens is 164 g/mol. The first-order valence-electron chi connectivity index (χ1n) is 5.35. The van der Waals surface area contributed by atoms with Gasteiger partial charge in [-0.3, -0.25) is 0 Å². The van der Waals surface area contributed by atoms with Crippen LogP contribution in [0.25, 0.3) is 0 Å². The van der Waals surface area contributed by atoms with Crippen molar-refractivity contribution in [2.24, 2.45) is 0 Å². The van der Waals surface area contributed by atoms with E-state index in [1.165, 1.54) is 0 Å². The summed E-state index contributed by atoms with van der Waals surface area (Å²) in [6.07, 6.45) is -0.909. The maximum Gasteiger partial charge on any atom is 0.493 e. The van der Waals surface area contributed by atoms with E-state index in [-0.39, 0.29) is 0 Å². The fourth-order valence-electron chi connectivity index (χ4n) is 0.569. The molecule has 2 N–H and O–H groups in total. The van der Waals surface area contributed by atoms with Crippen LogP contribution in [0.5, 0.6) is 5.88 Å². The van der Waals surface area contributed by atoms with E-state index < -0.39 is 43.5 Å². The lowest BCUT2D eigenvalue weighted by Gasteiger charge is -2.02. The topological polar surface area (TPSA) is 62.6 Å². The second kappa shape index (κ2) is 3.51. The Labute approximate surface area is 75.8 Å². The predicted octanol–water partition coefficient (Wildman–Crippen LogP) is -1.09. The van der Waals surface area contributed by atoms with Crippen molar-refractivity contribution >= 4 is 12.6 Å². The van der Waals surface area contributed by atoms with Gasteiger partial charge in [0.05, 0.1) is 13.9 Å². The molecule has 4 nitrogen and oxygen atoms in total. The molecule has 0 amide bonds. The minimum atomic E-state index is -2.94. The molecule has 6 heteroatoms. The first-order valence-corrected chi connectivity index (χ1v) is 2.85. The molecule has 0 bridgehead atoms. The van der Waals surface area contributed by atoms with E-state index in [4.69, 9.17) is 16.9 Å². The van der Waals surface area contributed by atoms with Gasteiger partial charge in [0.1, 0.15) is 5.82 Å². The molecule has 0 aliphatic heterocycles. The Morgan fingerprint density at radius 2 is 2.58 bits per heavy atom. The van der Waals surface area contributed by atoms with E-state index in [0.717, 1.165) is 0 Å². The Kier molecular flexibility index (Phi) is 1.23. The predicted molar refractivity (Wildman–Crippen MR) is 40.6 cm³/mol. The number of ether oxygens (including phenoxy) is 1. The van der Waals surface area contributed by atoms with Gasteiger partial charge in [-0.1, -0.05) is 0 Å². The second-order valence-corrected chi connectivity index (χ2v) is 1.86. The zero-order chi connectivity index (χ0) is 13.4. The Balaban J connectivity index is 3.30. The van der Waals surface area contributed by atoms with Gasteiger partial charge in [0.2, 0.25) is 5.88 Å². The van der Waals surface area contributed by atoms with Crippen LogP contribution in [0, 0.1) is 5.82 Å². The van der Waals surface area contributed by atoms with Gasteiger partial charge in [-0.25, -0.2) is 9.37 Å². The number of hydrogen-bond donors (Lipinski definition) is 2. The van der Waals surface area contributed by atoms with Crippen molar-refractivity contribution in [3.05, 3.63) is 18.0 Å². The van der Waals surface area contributed by atoms with Gasteiger partial charge in [-0.15, -0.1) is 0 Å². The van der Waals surface area contributed by atoms with E-state index in [1.807, 2.05) is 0 Å². The number of halogens is 1. The monoisotopic (exact) mass is 176 g/mol. The molecule has 0 spiro atoms. The first kappa shape index (κ1) is 4.20. The molecular formula is C6H7BFNO3. The summed E-state index contributed by atoms with van der Waals surface area (Å²) in [5.41, 5.74) is -0.909. The van der Waals surface area contributed by atoms with Crippen LogP contribution in [0.1, 0.15) is 6.85 Å². The summed E-state index contributed by atoms with van der Waals surface area (Å²) in [6, 6.07) is -1.06. The zero-order valence-electron chi connectivity index (χ0n) is 10.7. The fourth-order valence-corrected chi connectivity index (χ4v) is 0.569. The molecule has 0 saturated heterocycles. The Hall–Kier alpha value is -1.14. The molecule has 12 heavy (non-hydrogen) atoms. The summed E-state index contributed by atoms with van der Waals surface area (Å²) in [6.45, 7) is 0. The van der Waals surface area contributed by atoms with Crippen molar-refractivity contribution in [1.29, 1.82) is 0 Å². The summed E-state index contributed by atoms with van der Waals surface area (Å²) in [5.74, 6) is -2.36. The highest BCUT2D eigenvalue weighted by Crippen LogP contribution is 2.04. The van der Waals surface area contributed by atoms with Gasteiger partial charge in [0, 0.05) is 17.7 Å². The lowest BCUT2D eigenvalue weighted by molar-refractivity contribution is 0.393. The summed E-state index contributed by atoms with van der Waals surface area (Å²) >= 11 is 0. The SMILES string of the molecule is [2H]c1nc(OC([2H])([2H])[2H])c([2H])c(F)c1B(O)O. The summed E-state index contributed by atoms with van der Waals surface area (Å²) in [4.78, 5) is 3.18. The maximum absolute atomic E-state index is 13.4. The van der Waals surface area contributed by atoms with Crippen LogP contribution in [0.4, 0.5) is 4.39 Å². The summed E-state index contributed by atoms with van der Waals surface area (Å²) < 4.78 is 52.2. The van der Waals surface area contributed by atoms with Crippen molar-refractivity contribution in [3.63, 3.8) is 0 Å². The standard InChI is InChI=1S/C6H7BFNO3/c1-12-6-2-5(8)4(3-9-6)7(10)11/h2-3,10-11H,1H3/i1D3,2D,3D. The summed E-state index contributed by atoms with van der Waals surface area (Å²) in [5, 5.41) is 17.5. The number of pyridine rings is 1. The van der Waals surface area contributed by atoms with Crippen LogP contribution in [0.3, 0.4) is 0 Å². The van der Waals surface area contributed by atoms with Crippen LogP contribution >= 0.6 is 0 Å². The molecule has 0 atom stereocenters. The van der Waals surface area contributed by atoms with E-state index >= 15 is 0 Å². The van der Waals surface area contributed by atoms with Gasteiger partial charge >= 0.3 is 7.12 Å². The summed E-state index contributed by atoms with van der Waals surface area (Å²) in [7, 11) is -5.26. The molecule has 0 radical (unpaired) electrons. The Morgan fingerprint density at radius 3 is 3.17 bits per heavy atom. The number of rotatable bonds is 2. The minimum absolute atomic E-state index is 0.906. The van der Waals surface area contributed by atoms with E-state index in [2.05, 4.69) is 9.72 Å². The maximum atomic E-state index is 13.4. The average Bonchev–Trinajstić information content (AvgIpc) is 2.10. The van der Waals surface area contributed by atoms with Gasteiger partial charge in [0.25, 0.3) is 0 Å². The highest BCUT2D eigenvalue weighted by Gasteiger charge is 2.17. The third kappa shape index (κ3) is 1.72. The van der Waals surface area contributed by atoms with Gasteiger partial charge < -0.3 is 14.8 Å². The average molecular weight is 176 g/mol. The first-order chi connectivity index (χ1) is 7.63. The van der Waals surface area contributed by atoms with Crippen LogP contribution < -0.4 is 10.2 Å². The largest absolute Gasteiger partial charge is 0.493 e. The third-order valence-electron chi connectivity index (χ3n) is 1.09. The smallest absolute Gasteiger partial charge is 0.481 e. The molecule has 0 aromatic carbocycles. The molecule has 0 fully saturated rings. The molecule has 64 valence electrons. The lowest BCUT2D eigenvalue weighted by atomic mass is 9.81. The number of nitrogens with zero attached hydrogens (tertiary/aromatic N) is 1. The van der Waals surface area contributed by atoms with Crippen molar-refractivity contribution in [2.45, 2.75) is 0 Å². The fraction of sp³-hybridized carbons (Fsp3) is 0.167. The molecule has 1 aromatic heterocycles. The molecule has 0 aliphatic carbocycles. The van der Waals surface area contributed by atoms with Gasteiger partial charge in [-0.05, 0) is 0 Å². The zero-order valence-corrected chi connectivity index (χ0v) is 5.71. The van der Waals surface area contributed by atoms with Crippen molar-refractivity contribution in [2.75, 3.05) is 7.04 Å². The molecule has 1 rings (SSSR count). The van der Waals surface area contributed by atoms with Crippen molar-refractivity contribution in [1.82, 2.24) is 4.98 Å². The molecule has 0 aliphatic rings. The van der Waals surface area contributed by atoms with E-state index in [9.17, 15) is 4.39 Å². The van der Waals surface area contributed by atoms with Crippen molar-refractivity contribution in [3.8, 4) is 5.88 Å². The van der Waals surface area contributed by atoms with E-state index in [0.29, 0.717) is 0 Å². The van der Waals surface area contributed by atoms with Crippen LogP contribution in [0.15, 0.2) is 12.2 Å². The minimum Gasteiger partial charge on any atom is -0.481 e. The normalized spacial score (nSPS) is 16.8. The van der Waals surface area contributed by atoms with Crippen LogP contribution in [0.2, 0.25) is 0 Å². The second-order valence-electron chi connectivity index (χ2n) is 1.86. The highest BCUT2D eigenvalue weighted by atomic mass is 19.1. The quantitative estimate of drug-likeness (QED) is 0.562. The number of methoxy groups -OCH3 is 1. The third-order valence-corrected chi connectivity index (χ3v) is 1.09. The molecule has 0 unspecified atom stereocenters. The highest BCUT2D eigenvalue weighted by molar-refractivity contribution is 6.58. The lowest BCUT2D eigenvalue weighted by Crippen LogP contribution is -2.33. The van der Waals surface area contributed by atoms with Gasteiger partial charge in [0.15, 0.2) is 0 Å². The molecule has 1 heterocycles. The number of aromatic nitrogens is 1. The van der Waals surface area contributed by atoms with Crippen LogP contribution in [-0.4, -0.2) is 29.2 Å². The molecule has 1 aromatic rings. The van der Waals surface area contributed by atoms with Gasteiger partial charge in [-0.2, -0.15) is 0 Å². The Morgan fingerprint density at radius 1 is 1.83 bits per heavy atom. The Bertz CT molecular complexity index is 441. The van der Waals surface area contributed by atoms with Crippen molar-refractivity contribution < 1.29 is 26.0 Å². The molecule has 0 saturated carbocycles.